The first-order valence-electron chi connectivity index (χ1n) is 6.09. The van der Waals surface area contributed by atoms with E-state index in [4.69, 9.17) is 4.74 Å². The van der Waals surface area contributed by atoms with Gasteiger partial charge in [-0.3, -0.25) is 4.90 Å². The molecule has 0 aromatic heterocycles. The van der Waals surface area contributed by atoms with Crippen molar-refractivity contribution in [2.45, 2.75) is 13.0 Å². The second-order valence-electron chi connectivity index (χ2n) is 4.37. The quantitative estimate of drug-likeness (QED) is 0.908. The zero-order chi connectivity index (χ0) is 12.1. The van der Waals surface area contributed by atoms with Crippen molar-refractivity contribution in [1.82, 2.24) is 10.2 Å². The standard InChI is InChI=1S/C13H19FN2O.ClH/c1-11-10-15-6-7-16(11)8-9-17-13-5-3-2-4-12(13)14;/h2-5,11,15H,6-10H2,1H3;1H/t11-;/m1./s1. The van der Waals surface area contributed by atoms with Gasteiger partial charge in [0.25, 0.3) is 0 Å². The smallest absolute Gasteiger partial charge is 0.165 e. The minimum absolute atomic E-state index is 0. The van der Waals surface area contributed by atoms with Crippen LogP contribution in [0.1, 0.15) is 6.92 Å². The minimum atomic E-state index is -0.291. The molecule has 3 nitrogen and oxygen atoms in total. The van der Waals surface area contributed by atoms with E-state index in [1.54, 1.807) is 18.2 Å². The summed E-state index contributed by atoms with van der Waals surface area (Å²) in [5, 5.41) is 3.34. The van der Waals surface area contributed by atoms with Gasteiger partial charge in [-0.1, -0.05) is 12.1 Å². The van der Waals surface area contributed by atoms with E-state index in [9.17, 15) is 4.39 Å². The van der Waals surface area contributed by atoms with Gasteiger partial charge in [0, 0.05) is 32.2 Å². The summed E-state index contributed by atoms with van der Waals surface area (Å²) in [4.78, 5) is 2.36. The molecular formula is C13H20ClFN2O. The van der Waals surface area contributed by atoms with Crippen molar-refractivity contribution in [2.24, 2.45) is 0 Å². The fourth-order valence-electron chi connectivity index (χ4n) is 2.05. The molecule has 0 amide bonds. The average molecular weight is 275 g/mol. The topological polar surface area (TPSA) is 24.5 Å². The van der Waals surface area contributed by atoms with Crippen molar-refractivity contribution in [2.75, 3.05) is 32.8 Å². The zero-order valence-electron chi connectivity index (χ0n) is 10.6. The number of nitrogens with zero attached hydrogens (tertiary/aromatic N) is 1. The lowest BCUT2D eigenvalue weighted by Crippen LogP contribution is -2.50. The predicted octanol–water partition coefficient (Wildman–Crippen LogP) is 1.92. The molecule has 1 aromatic carbocycles. The van der Waals surface area contributed by atoms with E-state index in [0.717, 1.165) is 26.2 Å². The molecule has 102 valence electrons. The van der Waals surface area contributed by atoms with Crippen molar-refractivity contribution >= 4 is 12.4 Å². The first-order chi connectivity index (χ1) is 8.27. The van der Waals surface area contributed by atoms with E-state index in [-0.39, 0.29) is 18.2 Å². The second kappa shape index (κ2) is 7.56. The molecule has 0 unspecified atom stereocenters. The lowest BCUT2D eigenvalue weighted by atomic mass is 10.2. The SMILES string of the molecule is C[C@@H]1CNCCN1CCOc1ccccc1F.Cl. The Morgan fingerprint density at radius 2 is 2.22 bits per heavy atom. The first-order valence-corrected chi connectivity index (χ1v) is 6.09. The molecule has 0 aliphatic carbocycles. The Kier molecular flexibility index (Phi) is 6.39. The summed E-state index contributed by atoms with van der Waals surface area (Å²) in [6.45, 7) is 6.63. The summed E-state index contributed by atoms with van der Waals surface area (Å²) < 4.78 is 18.7. The highest BCUT2D eigenvalue weighted by Crippen LogP contribution is 2.15. The van der Waals surface area contributed by atoms with Crippen molar-refractivity contribution in [3.8, 4) is 5.75 Å². The van der Waals surface area contributed by atoms with Gasteiger partial charge in [-0.25, -0.2) is 4.39 Å². The summed E-state index contributed by atoms with van der Waals surface area (Å²) >= 11 is 0. The number of nitrogens with one attached hydrogen (secondary N) is 1. The predicted molar refractivity (Wildman–Crippen MR) is 73.0 cm³/mol. The lowest BCUT2D eigenvalue weighted by Gasteiger charge is -2.33. The van der Waals surface area contributed by atoms with Gasteiger partial charge in [0.05, 0.1) is 0 Å². The van der Waals surface area contributed by atoms with Crippen LogP contribution in [0.25, 0.3) is 0 Å². The second-order valence-corrected chi connectivity index (χ2v) is 4.37. The molecule has 1 aliphatic heterocycles. The fraction of sp³-hybridized carbons (Fsp3) is 0.538. The Bertz CT molecular complexity index is 365. The van der Waals surface area contributed by atoms with Crippen molar-refractivity contribution in [3.05, 3.63) is 30.1 Å². The van der Waals surface area contributed by atoms with Crippen LogP contribution in [0.4, 0.5) is 4.39 Å². The van der Waals surface area contributed by atoms with Crippen LogP contribution in [0.2, 0.25) is 0 Å². The number of hydrogen-bond donors (Lipinski definition) is 1. The maximum atomic E-state index is 13.3. The highest BCUT2D eigenvalue weighted by Gasteiger charge is 2.17. The van der Waals surface area contributed by atoms with Crippen LogP contribution in [0, 0.1) is 5.82 Å². The largest absolute Gasteiger partial charge is 0.489 e. The summed E-state index contributed by atoms with van der Waals surface area (Å²) in [7, 11) is 0. The van der Waals surface area contributed by atoms with Crippen LogP contribution in [0.3, 0.4) is 0 Å². The minimum Gasteiger partial charge on any atom is -0.489 e. The summed E-state index contributed by atoms with van der Waals surface area (Å²) in [6, 6.07) is 7.05. The number of piperazine rings is 1. The van der Waals surface area contributed by atoms with Gasteiger partial charge in [0.15, 0.2) is 11.6 Å². The van der Waals surface area contributed by atoms with Crippen LogP contribution in [-0.4, -0.2) is 43.7 Å². The number of ether oxygens (including phenoxy) is 1. The normalized spacial score (nSPS) is 20.2. The third-order valence-electron chi connectivity index (χ3n) is 3.11. The monoisotopic (exact) mass is 274 g/mol. The van der Waals surface area contributed by atoms with E-state index < -0.39 is 0 Å². The molecule has 18 heavy (non-hydrogen) atoms. The van der Waals surface area contributed by atoms with Crippen LogP contribution in [0.5, 0.6) is 5.75 Å². The summed E-state index contributed by atoms with van der Waals surface area (Å²) in [6.07, 6.45) is 0. The van der Waals surface area contributed by atoms with Gasteiger partial charge in [0.2, 0.25) is 0 Å². The lowest BCUT2D eigenvalue weighted by molar-refractivity contribution is 0.142. The highest BCUT2D eigenvalue weighted by molar-refractivity contribution is 5.85. The fourth-order valence-corrected chi connectivity index (χ4v) is 2.05. The van der Waals surface area contributed by atoms with E-state index in [1.165, 1.54) is 6.07 Å². The number of rotatable bonds is 4. The van der Waals surface area contributed by atoms with Gasteiger partial charge in [-0.05, 0) is 19.1 Å². The first kappa shape index (κ1) is 15.2. The highest BCUT2D eigenvalue weighted by atomic mass is 35.5. The molecule has 1 fully saturated rings. The van der Waals surface area contributed by atoms with Gasteiger partial charge in [0.1, 0.15) is 6.61 Å². The zero-order valence-corrected chi connectivity index (χ0v) is 11.4. The van der Waals surface area contributed by atoms with E-state index in [2.05, 4.69) is 17.1 Å². The number of para-hydroxylation sites is 1. The van der Waals surface area contributed by atoms with E-state index in [0.29, 0.717) is 18.4 Å². The van der Waals surface area contributed by atoms with Gasteiger partial charge in [-0.15, -0.1) is 12.4 Å². The third-order valence-corrected chi connectivity index (χ3v) is 3.11. The Hall–Kier alpha value is -0.840. The van der Waals surface area contributed by atoms with E-state index in [1.807, 2.05) is 0 Å². The summed E-state index contributed by atoms with van der Waals surface area (Å²) in [5.74, 6) is 0.0520. The molecule has 1 heterocycles. The molecule has 0 bridgehead atoms. The van der Waals surface area contributed by atoms with Crippen LogP contribution >= 0.6 is 12.4 Å². The van der Waals surface area contributed by atoms with Crippen LogP contribution in [0.15, 0.2) is 24.3 Å². The average Bonchev–Trinajstić information content (AvgIpc) is 2.34. The van der Waals surface area contributed by atoms with Gasteiger partial charge >= 0.3 is 0 Å². The Morgan fingerprint density at radius 1 is 1.44 bits per heavy atom. The molecule has 0 spiro atoms. The van der Waals surface area contributed by atoms with Gasteiger partial charge < -0.3 is 10.1 Å². The Balaban J connectivity index is 0.00000162. The molecule has 2 rings (SSSR count). The number of halogens is 2. The van der Waals surface area contributed by atoms with Crippen molar-refractivity contribution in [3.63, 3.8) is 0 Å². The maximum Gasteiger partial charge on any atom is 0.165 e. The van der Waals surface area contributed by atoms with Crippen molar-refractivity contribution < 1.29 is 9.13 Å². The summed E-state index contributed by atoms with van der Waals surface area (Å²) in [5.41, 5.74) is 0. The molecular weight excluding hydrogens is 255 g/mol. The third kappa shape index (κ3) is 4.12. The molecule has 1 aromatic rings. The van der Waals surface area contributed by atoms with Crippen LogP contribution < -0.4 is 10.1 Å². The van der Waals surface area contributed by atoms with Gasteiger partial charge in [-0.2, -0.15) is 0 Å². The molecule has 1 saturated heterocycles. The number of benzene rings is 1. The van der Waals surface area contributed by atoms with Crippen molar-refractivity contribution in [1.29, 1.82) is 0 Å². The molecule has 1 atom stereocenters. The maximum absolute atomic E-state index is 13.3. The Morgan fingerprint density at radius 3 is 2.94 bits per heavy atom. The number of hydrogen-bond acceptors (Lipinski definition) is 3. The molecule has 0 radical (unpaired) electrons. The Labute approximate surface area is 114 Å². The van der Waals surface area contributed by atoms with E-state index >= 15 is 0 Å². The molecule has 1 N–H and O–H groups in total. The molecule has 5 heteroatoms. The molecule has 1 aliphatic rings. The van der Waals surface area contributed by atoms with Crippen LogP contribution in [-0.2, 0) is 0 Å². The molecule has 0 saturated carbocycles.